The highest BCUT2D eigenvalue weighted by Crippen LogP contribution is 2.28. The third-order valence-corrected chi connectivity index (χ3v) is 5.60. The van der Waals surface area contributed by atoms with Gasteiger partial charge in [-0.05, 0) is 38.8 Å². The number of ether oxygens (including phenoxy) is 1. The number of esters is 1. The van der Waals surface area contributed by atoms with Crippen LogP contribution < -0.4 is 22.1 Å². The number of nitrogens with two attached hydrogens (primary N) is 2. The molecule has 8 N–H and O–H groups in total. The monoisotopic (exact) mass is 655 g/mol. The number of rotatable bonds is 7. The minimum absolute atomic E-state index is 0.0232. The van der Waals surface area contributed by atoms with E-state index in [1.54, 1.807) is 6.92 Å². The van der Waals surface area contributed by atoms with E-state index in [0.29, 0.717) is 11.3 Å². The molecule has 1 fully saturated rings. The predicted octanol–water partition coefficient (Wildman–Crippen LogP) is 2.49. The molecule has 1 aromatic carbocycles. The summed E-state index contributed by atoms with van der Waals surface area (Å²) < 4.78 is 68.3. The van der Waals surface area contributed by atoms with Gasteiger partial charge >= 0.3 is 30.3 Å². The maximum absolute atomic E-state index is 12.6. The first-order valence-corrected chi connectivity index (χ1v) is 12.9. The Morgan fingerprint density at radius 1 is 1.00 bits per heavy atom. The highest BCUT2D eigenvalue weighted by atomic mass is 19.4. The number of anilines is 1. The molecule has 0 spiro atoms. The van der Waals surface area contributed by atoms with Crippen LogP contribution in [0.5, 0.6) is 0 Å². The van der Waals surface area contributed by atoms with Crippen molar-refractivity contribution in [2.75, 3.05) is 18.5 Å². The summed E-state index contributed by atoms with van der Waals surface area (Å²) in [4.78, 5) is 55.2. The number of carbonyl (C=O) groups excluding carboxylic acids is 2. The van der Waals surface area contributed by atoms with Gasteiger partial charge in [-0.25, -0.2) is 24.5 Å². The molecule has 2 aromatic rings. The quantitative estimate of drug-likeness (QED) is 0.109. The smallest absolute Gasteiger partial charge is 0.475 e. The summed E-state index contributed by atoms with van der Waals surface area (Å²) in [7, 11) is 0. The summed E-state index contributed by atoms with van der Waals surface area (Å²) in [6, 6.07) is 5.63. The Morgan fingerprint density at radius 2 is 1.56 bits per heavy atom. The molecule has 1 saturated carbocycles. The SMILES string of the molecule is CCOC(=O)CNC(=O)c1nc(NC2CCCCC2N=C(N)N)c2cc(C)ccc2n1.O=C(O)C(F)(F)F.O=C(O)C(F)(F)F. The fourth-order valence-electron chi connectivity index (χ4n) is 3.70. The fraction of sp³-hybridized carbons (Fsp3) is 0.480. The van der Waals surface area contributed by atoms with Crippen molar-refractivity contribution in [3.8, 4) is 0 Å². The number of hydrogen-bond donors (Lipinski definition) is 6. The second-order valence-corrected chi connectivity index (χ2v) is 9.17. The van der Waals surface area contributed by atoms with Gasteiger partial charge in [-0.2, -0.15) is 26.3 Å². The van der Waals surface area contributed by atoms with Gasteiger partial charge in [0.15, 0.2) is 5.96 Å². The number of aromatic nitrogens is 2. The van der Waals surface area contributed by atoms with Crippen LogP contribution in [-0.4, -0.2) is 87.5 Å². The van der Waals surface area contributed by atoms with Gasteiger partial charge in [0.1, 0.15) is 12.4 Å². The number of carboxylic acid groups (broad SMARTS) is 2. The number of fused-ring (bicyclic) bond motifs is 1. The summed E-state index contributed by atoms with van der Waals surface area (Å²) in [5, 5.41) is 21.0. The van der Waals surface area contributed by atoms with Crippen molar-refractivity contribution in [1.29, 1.82) is 0 Å². The van der Waals surface area contributed by atoms with E-state index in [-0.39, 0.29) is 37.0 Å². The largest absolute Gasteiger partial charge is 0.490 e. The molecular formula is C25H31F6N7O7. The van der Waals surface area contributed by atoms with E-state index in [0.717, 1.165) is 36.6 Å². The number of guanidine groups is 1. The molecule has 14 nitrogen and oxygen atoms in total. The predicted molar refractivity (Wildman–Crippen MR) is 146 cm³/mol. The Balaban J connectivity index is 0.000000601. The number of aryl methyl sites for hydroxylation is 1. The molecule has 250 valence electrons. The van der Waals surface area contributed by atoms with Crippen LogP contribution in [0.1, 0.15) is 48.8 Å². The third-order valence-electron chi connectivity index (χ3n) is 5.60. The van der Waals surface area contributed by atoms with Crippen LogP contribution in [0, 0.1) is 6.92 Å². The molecule has 1 aliphatic rings. The topological polar surface area (TPSA) is 232 Å². The zero-order valence-corrected chi connectivity index (χ0v) is 23.8. The van der Waals surface area contributed by atoms with Gasteiger partial charge in [0.2, 0.25) is 5.82 Å². The van der Waals surface area contributed by atoms with Crippen LogP contribution in [0.15, 0.2) is 23.2 Å². The Bertz CT molecular complexity index is 1360. The summed E-state index contributed by atoms with van der Waals surface area (Å²) in [6.45, 7) is 3.67. The van der Waals surface area contributed by atoms with E-state index in [1.807, 2.05) is 25.1 Å². The van der Waals surface area contributed by atoms with Gasteiger partial charge in [0.05, 0.1) is 24.2 Å². The molecule has 2 atom stereocenters. The first kappa shape index (κ1) is 38.1. The minimum Gasteiger partial charge on any atom is -0.475 e. The number of halogens is 6. The van der Waals surface area contributed by atoms with Crippen molar-refractivity contribution in [2.45, 2.75) is 64.0 Å². The highest BCUT2D eigenvalue weighted by molar-refractivity contribution is 5.97. The molecule has 1 aromatic heterocycles. The van der Waals surface area contributed by atoms with Crippen molar-refractivity contribution in [2.24, 2.45) is 16.5 Å². The summed E-state index contributed by atoms with van der Waals surface area (Å²) in [5.74, 6) is -6.02. The molecule has 3 rings (SSSR count). The molecule has 2 unspecified atom stereocenters. The van der Waals surface area contributed by atoms with Gasteiger partial charge in [0, 0.05) is 5.39 Å². The van der Waals surface area contributed by atoms with Gasteiger partial charge in [0.25, 0.3) is 5.91 Å². The van der Waals surface area contributed by atoms with Crippen LogP contribution in [0.2, 0.25) is 0 Å². The maximum atomic E-state index is 12.6. The van der Waals surface area contributed by atoms with Crippen LogP contribution in [0.4, 0.5) is 32.2 Å². The van der Waals surface area contributed by atoms with Gasteiger partial charge in [-0.15, -0.1) is 0 Å². The van der Waals surface area contributed by atoms with Gasteiger partial charge in [-0.1, -0.05) is 24.5 Å². The summed E-state index contributed by atoms with van der Waals surface area (Å²) in [6.07, 6.45) is -6.33. The molecule has 1 aliphatic carbocycles. The average Bonchev–Trinajstić information content (AvgIpc) is 2.92. The van der Waals surface area contributed by atoms with Gasteiger partial charge < -0.3 is 37.1 Å². The number of amides is 1. The molecule has 0 bridgehead atoms. The number of alkyl halides is 6. The lowest BCUT2D eigenvalue weighted by molar-refractivity contribution is -0.193. The van der Waals surface area contributed by atoms with E-state index in [9.17, 15) is 35.9 Å². The highest BCUT2D eigenvalue weighted by Gasteiger charge is 2.39. The van der Waals surface area contributed by atoms with E-state index >= 15 is 0 Å². The number of nitrogens with zero attached hydrogens (tertiary/aromatic N) is 3. The van der Waals surface area contributed by atoms with Crippen molar-refractivity contribution in [3.63, 3.8) is 0 Å². The standard InChI is InChI=1S/C21H29N7O3.2C2HF3O2/c1-3-31-17(29)11-24-20(30)19-25-14-9-8-12(2)10-13(14)18(28-19)26-15-6-4-5-7-16(15)27-21(22)23;2*3-2(4,5)1(6)7/h8-10,15-16H,3-7,11H2,1-2H3,(H,24,30)(H4,22,23,27)(H,25,26,28);2*(H,6,7). The number of benzene rings is 1. The van der Waals surface area contributed by atoms with Crippen molar-refractivity contribution in [3.05, 3.63) is 29.6 Å². The van der Waals surface area contributed by atoms with E-state index in [4.69, 9.17) is 36.0 Å². The number of carbonyl (C=O) groups is 4. The first-order valence-electron chi connectivity index (χ1n) is 12.9. The Labute approximate surface area is 251 Å². The van der Waals surface area contributed by atoms with Crippen molar-refractivity contribution in [1.82, 2.24) is 15.3 Å². The van der Waals surface area contributed by atoms with Crippen LogP contribution in [0.25, 0.3) is 10.9 Å². The fourth-order valence-corrected chi connectivity index (χ4v) is 3.70. The lowest BCUT2D eigenvalue weighted by Crippen LogP contribution is -2.39. The number of nitrogens with one attached hydrogen (secondary N) is 2. The van der Waals surface area contributed by atoms with E-state index in [1.165, 1.54) is 0 Å². The summed E-state index contributed by atoms with van der Waals surface area (Å²) in [5.41, 5.74) is 12.9. The lowest BCUT2D eigenvalue weighted by Gasteiger charge is -2.30. The zero-order valence-electron chi connectivity index (χ0n) is 23.8. The lowest BCUT2D eigenvalue weighted by atomic mass is 9.90. The van der Waals surface area contributed by atoms with E-state index < -0.39 is 36.2 Å². The number of aliphatic imine (C=N–C) groups is 1. The molecular weight excluding hydrogens is 624 g/mol. The average molecular weight is 656 g/mol. The second-order valence-electron chi connectivity index (χ2n) is 9.17. The van der Waals surface area contributed by atoms with E-state index in [2.05, 4.69) is 25.6 Å². The maximum Gasteiger partial charge on any atom is 0.490 e. The third kappa shape index (κ3) is 13.5. The summed E-state index contributed by atoms with van der Waals surface area (Å²) >= 11 is 0. The molecule has 1 heterocycles. The molecule has 1 amide bonds. The Hall–Kier alpha value is -4.91. The Kier molecular flexibility index (Phi) is 14.2. The number of hydrogen-bond acceptors (Lipinski definition) is 9. The molecule has 0 saturated heterocycles. The zero-order chi connectivity index (χ0) is 34.5. The van der Waals surface area contributed by atoms with Crippen LogP contribution in [-0.2, 0) is 19.1 Å². The van der Waals surface area contributed by atoms with Crippen LogP contribution >= 0.6 is 0 Å². The normalized spacial score (nSPS) is 16.1. The molecule has 20 heteroatoms. The number of aliphatic carboxylic acids is 2. The van der Waals surface area contributed by atoms with Crippen LogP contribution in [0.3, 0.4) is 0 Å². The first-order chi connectivity index (χ1) is 20.8. The minimum atomic E-state index is -5.08. The van der Waals surface area contributed by atoms with Gasteiger partial charge in [-0.3, -0.25) is 9.59 Å². The molecule has 0 radical (unpaired) electrons. The van der Waals surface area contributed by atoms with Crippen molar-refractivity contribution < 1.29 is 60.5 Å². The Morgan fingerprint density at radius 3 is 2.07 bits per heavy atom. The molecule has 45 heavy (non-hydrogen) atoms. The molecule has 0 aliphatic heterocycles. The second kappa shape index (κ2) is 16.8. The van der Waals surface area contributed by atoms with Crippen molar-refractivity contribution >= 4 is 46.5 Å². The number of carboxylic acids is 2.